The number of hydrogen-bond donors (Lipinski definition) is 3. The van der Waals surface area contributed by atoms with Gasteiger partial charge in [-0.3, -0.25) is 39.0 Å². The highest BCUT2D eigenvalue weighted by molar-refractivity contribution is 6.33. The Balaban J connectivity index is 0.906. The van der Waals surface area contributed by atoms with Crippen LogP contribution >= 0.6 is 11.6 Å². The van der Waals surface area contributed by atoms with Crippen molar-refractivity contribution in [2.24, 2.45) is 7.05 Å². The standard InChI is InChI=1S/C37H37ClN8O9/c1-39-31(48)19-55-29-16-20-15-21(3-6-27(20)44(2)36(29)52)41-32-26(38)18-40-37(43-32)45-11-9-22(10-12-45)53-13-14-54-23-4-5-24-25(17-23)35(51)46(34(24)50)28-7-8-30(47)42-33(28)49/h3-6,15-18,22,28H,7-14,19H2,1-2H3,(H,39,48)(H,40,41,43)(H,42,47,49). The number of nitrogens with zero attached hydrogens (tertiary/aromatic N) is 5. The van der Waals surface area contributed by atoms with Crippen molar-refractivity contribution in [2.75, 3.05) is 50.2 Å². The molecule has 17 nitrogen and oxygen atoms in total. The number of benzene rings is 2. The summed E-state index contributed by atoms with van der Waals surface area (Å²) >= 11 is 6.49. The summed E-state index contributed by atoms with van der Waals surface area (Å²) in [6.45, 7) is 1.50. The Bertz CT molecular complexity index is 2270. The molecule has 0 radical (unpaired) electrons. The molecule has 0 aliphatic carbocycles. The molecule has 0 bridgehead atoms. The van der Waals surface area contributed by atoms with Crippen LogP contribution in [0.1, 0.15) is 46.4 Å². The second kappa shape index (κ2) is 15.7. The molecule has 18 heteroatoms. The molecule has 286 valence electrons. The Morgan fingerprint density at radius 1 is 0.964 bits per heavy atom. The van der Waals surface area contributed by atoms with Crippen molar-refractivity contribution in [1.82, 2.24) is 30.1 Å². The number of pyridine rings is 1. The average Bonchev–Trinajstić information content (AvgIpc) is 3.43. The molecular formula is C37H37ClN8O9. The first-order chi connectivity index (χ1) is 26.5. The lowest BCUT2D eigenvalue weighted by molar-refractivity contribution is -0.136. The minimum absolute atomic E-state index is 0.0233. The third-order valence-corrected chi connectivity index (χ3v) is 9.94. The molecule has 5 heterocycles. The largest absolute Gasteiger partial charge is 0.491 e. The van der Waals surface area contributed by atoms with Crippen molar-refractivity contribution in [3.63, 3.8) is 0 Å². The zero-order chi connectivity index (χ0) is 38.8. The summed E-state index contributed by atoms with van der Waals surface area (Å²) < 4.78 is 18.8. The van der Waals surface area contributed by atoms with Crippen LogP contribution in [-0.2, 0) is 26.2 Å². The Kier molecular flexibility index (Phi) is 10.7. The first-order valence-corrected chi connectivity index (χ1v) is 18.0. The molecule has 3 aliphatic rings. The first kappa shape index (κ1) is 37.3. The molecule has 4 aromatic rings. The fourth-order valence-corrected chi connectivity index (χ4v) is 6.86. The van der Waals surface area contributed by atoms with E-state index in [4.69, 9.17) is 30.8 Å². The van der Waals surface area contributed by atoms with E-state index >= 15 is 0 Å². The molecule has 1 atom stereocenters. The predicted molar refractivity (Wildman–Crippen MR) is 199 cm³/mol. The fraction of sp³-hybridized carbons (Fsp3) is 0.351. The normalized spacial score (nSPS) is 17.3. The number of anilines is 3. The number of fused-ring (bicyclic) bond motifs is 2. The van der Waals surface area contributed by atoms with E-state index < -0.39 is 29.7 Å². The number of piperidine rings is 2. The highest BCUT2D eigenvalue weighted by Crippen LogP contribution is 2.31. The van der Waals surface area contributed by atoms with Gasteiger partial charge in [0.15, 0.2) is 18.2 Å². The SMILES string of the molecule is CNC(=O)COc1cc2cc(Nc3nc(N4CCC(OCCOc5ccc6c(c5)C(=O)N(C5CCC(=O)NC5=O)C6=O)CC4)ncc3Cl)ccc2n(C)c1=O. The molecule has 1 unspecified atom stereocenters. The number of aryl methyl sites for hydroxylation is 1. The molecule has 5 amide bonds. The van der Waals surface area contributed by atoms with Gasteiger partial charge in [-0.1, -0.05) is 11.6 Å². The van der Waals surface area contributed by atoms with Crippen LogP contribution in [0.5, 0.6) is 11.5 Å². The van der Waals surface area contributed by atoms with Crippen LogP contribution in [0.15, 0.2) is 53.5 Å². The molecule has 3 aliphatic heterocycles. The third kappa shape index (κ3) is 7.79. The zero-order valence-electron chi connectivity index (χ0n) is 29.9. The minimum atomic E-state index is -1.03. The molecule has 0 spiro atoms. The summed E-state index contributed by atoms with van der Waals surface area (Å²) in [6, 6.07) is 10.6. The van der Waals surface area contributed by atoms with Crippen LogP contribution in [0.4, 0.5) is 17.5 Å². The highest BCUT2D eigenvalue weighted by atomic mass is 35.5. The van der Waals surface area contributed by atoms with Crippen molar-refractivity contribution >= 4 is 69.5 Å². The first-order valence-electron chi connectivity index (χ1n) is 17.6. The Labute approximate surface area is 318 Å². The lowest BCUT2D eigenvalue weighted by atomic mass is 10.0. The molecule has 2 fully saturated rings. The summed E-state index contributed by atoms with van der Waals surface area (Å²) in [7, 11) is 3.12. The van der Waals surface area contributed by atoms with Crippen LogP contribution in [0.25, 0.3) is 10.9 Å². The number of aromatic nitrogens is 3. The number of halogens is 1. The number of carbonyl (C=O) groups is 5. The number of carbonyl (C=O) groups excluding carboxylic acids is 5. The van der Waals surface area contributed by atoms with E-state index in [9.17, 15) is 28.8 Å². The maximum Gasteiger partial charge on any atom is 0.293 e. The molecule has 2 aromatic carbocycles. The zero-order valence-corrected chi connectivity index (χ0v) is 30.7. The summed E-state index contributed by atoms with van der Waals surface area (Å²) in [6.07, 6.45) is 3.08. The maximum absolute atomic E-state index is 13.1. The van der Waals surface area contributed by atoms with Crippen LogP contribution in [0.2, 0.25) is 5.02 Å². The van der Waals surface area contributed by atoms with E-state index in [1.165, 1.54) is 29.9 Å². The van der Waals surface area contributed by atoms with E-state index in [-0.39, 0.29) is 60.5 Å². The molecule has 2 saturated heterocycles. The lowest BCUT2D eigenvalue weighted by Crippen LogP contribution is -2.54. The predicted octanol–water partition coefficient (Wildman–Crippen LogP) is 2.32. The van der Waals surface area contributed by atoms with Crippen LogP contribution < -0.4 is 35.9 Å². The van der Waals surface area contributed by atoms with Crippen LogP contribution in [-0.4, -0.2) is 101 Å². The average molecular weight is 773 g/mol. The van der Waals surface area contributed by atoms with Gasteiger partial charge in [-0.15, -0.1) is 0 Å². The van der Waals surface area contributed by atoms with Crippen molar-refractivity contribution in [3.8, 4) is 11.5 Å². The summed E-state index contributed by atoms with van der Waals surface area (Å²) in [5.74, 6) is -1.27. The molecule has 3 N–H and O–H groups in total. The monoisotopic (exact) mass is 772 g/mol. The quantitative estimate of drug-likeness (QED) is 0.140. The molecular weight excluding hydrogens is 736 g/mol. The number of imide groups is 2. The van der Waals surface area contributed by atoms with Gasteiger partial charge in [0.2, 0.25) is 17.8 Å². The molecule has 2 aromatic heterocycles. The van der Waals surface area contributed by atoms with Gasteiger partial charge in [-0.2, -0.15) is 4.98 Å². The Morgan fingerprint density at radius 3 is 2.51 bits per heavy atom. The van der Waals surface area contributed by atoms with E-state index in [0.717, 1.165) is 4.90 Å². The maximum atomic E-state index is 13.1. The van der Waals surface area contributed by atoms with E-state index in [1.54, 1.807) is 31.3 Å². The second-order valence-electron chi connectivity index (χ2n) is 13.2. The smallest absolute Gasteiger partial charge is 0.293 e. The Morgan fingerprint density at radius 2 is 1.75 bits per heavy atom. The van der Waals surface area contributed by atoms with E-state index in [1.807, 2.05) is 11.0 Å². The minimum Gasteiger partial charge on any atom is -0.491 e. The van der Waals surface area contributed by atoms with E-state index in [2.05, 4.69) is 20.9 Å². The number of ether oxygens (including phenoxy) is 3. The number of hydrogen-bond acceptors (Lipinski definition) is 13. The van der Waals surface area contributed by atoms with Gasteiger partial charge in [0.05, 0.1) is 35.6 Å². The highest BCUT2D eigenvalue weighted by Gasteiger charge is 2.44. The van der Waals surface area contributed by atoms with Crippen molar-refractivity contribution in [2.45, 2.75) is 37.8 Å². The van der Waals surface area contributed by atoms with Crippen molar-refractivity contribution < 1.29 is 38.2 Å². The molecule has 55 heavy (non-hydrogen) atoms. The number of amides is 5. The van der Waals surface area contributed by atoms with Gasteiger partial charge in [-0.25, -0.2) is 4.98 Å². The summed E-state index contributed by atoms with van der Waals surface area (Å²) in [4.78, 5) is 86.4. The topological polar surface area (TPSA) is 203 Å². The third-order valence-electron chi connectivity index (χ3n) is 9.66. The second-order valence-corrected chi connectivity index (χ2v) is 13.6. The van der Waals surface area contributed by atoms with Crippen molar-refractivity contribution in [3.05, 3.63) is 75.2 Å². The van der Waals surface area contributed by atoms with Gasteiger partial charge in [0, 0.05) is 44.7 Å². The summed E-state index contributed by atoms with van der Waals surface area (Å²) in [5, 5.41) is 8.92. The molecule has 7 rings (SSSR count). The van der Waals surface area contributed by atoms with Crippen molar-refractivity contribution in [1.29, 1.82) is 0 Å². The number of likely N-dealkylation sites (N-methyl/N-ethyl adjacent to an activating group) is 1. The van der Waals surface area contributed by atoms with Gasteiger partial charge < -0.3 is 34.3 Å². The fourth-order valence-electron chi connectivity index (χ4n) is 6.72. The van der Waals surface area contributed by atoms with Gasteiger partial charge >= 0.3 is 0 Å². The van der Waals surface area contributed by atoms with E-state index in [0.29, 0.717) is 71.7 Å². The Hall–Kier alpha value is -6.07. The van der Waals surface area contributed by atoms with Crippen LogP contribution in [0.3, 0.4) is 0 Å². The number of rotatable bonds is 12. The van der Waals surface area contributed by atoms with Gasteiger partial charge in [0.1, 0.15) is 23.4 Å². The number of nitrogens with one attached hydrogen (secondary N) is 3. The van der Waals surface area contributed by atoms with Crippen LogP contribution in [0, 0.1) is 0 Å². The van der Waals surface area contributed by atoms with Gasteiger partial charge in [-0.05, 0) is 61.7 Å². The lowest BCUT2D eigenvalue weighted by Gasteiger charge is -2.32. The van der Waals surface area contributed by atoms with Gasteiger partial charge in [0.25, 0.3) is 23.3 Å². The molecule has 0 saturated carbocycles. The summed E-state index contributed by atoms with van der Waals surface area (Å²) in [5.41, 5.74) is 1.30.